The molecule has 0 aromatic heterocycles. The van der Waals surface area contributed by atoms with Gasteiger partial charge in [0, 0.05) is 6.07 Å². The second kappa shape index (κ2) is 10.3. The highest BCUT2D eigenvalue weighted by Gasteiger charge is 2.22. The number of nitro benzene ring substituents is 1. The minimum atomic E-state index is -4.13. The Morgan fingerprint density at radius 1 is 1.00 bits per heavy atom. The number of hydrazone groups is 1. The molecule has 0 atom stereocenters. The summed E-state index contributed by atoms with van der Waals surface area (Å²) in [7, 11) is -6.92. The number of sulfonamides is 1. The molecule has 12 nitrogen and oxygen atoms in total. The first-order valence-electron chi connectivity index (χ1n) is 10.1. The van der Waals surface area contributed by atoms with E-state index in [1.165, 1.54) is 37.6 Å². The summed E-state index contributed by atoms with van der Waals surface area (Å²) in [6.45, 7) is 3.43. The van der Waals surface area contributed by atoms with Crippen LogP contribution in [0, 0.1) is 24.0 Å². The van der Waals surface area contributed by atoms with Crippen molar-refractivity contribution < 1.29 is 30.7 Å². The zero-order valence-corrected chi connectivity index (χ0v) is 21.0. The Hall–Kier alpha value is -4.01. The van der Waals surface area contributed by atoms with Gasteiger partial charge in [-0.1, -0.05) is 12.1 Å². The summed E-state index contributed by atoms with van der Waals surface area (Å²) in [5.41, 5.74) is 3.58. The first-order valence-corrected chi connectivity index (χ1v) is 13.1. The van der Waals surface area contributed by atoms with Gasteiger partial charge >= 0.3 is 10.1 Å². The largest absolute Gasteiger partial charge is 0.493 e. The van der Waals surface area contributed by atoms with Gasteiger partial charge in [0.1, 0.15) is 10.6 Å². The second-order valence-electron chi connectivity index (χ2n) is 7.57. The molecule has 0 aliphatic rings. The third-order valence-corrected chi connectivity index (χ3v) is 7.18. The molecule has 3 aromatic carbocycles. The van der Waals surface area contributed by atoms with Crippen LogP contribution >= 0.6 is 0 Å². The van der Waals surface area contributed by atoms with Crippen LogP contribution in [-0.2, 0) is 20.1 Å². The number of ether oxygens (including phenoxy) is 1. The van der Waals surface area contributed by atoms with E-state index in [2.05, 4.69) is 10.5 Å². The van der Waals surface area contributed by atoms with Crippen molar-refractivity contribution in [1.29, 1.82) is 0 Å². The number of primary sulfonamides is 1. The number of hydrogen-bond acceptors (Lipinski definition) is 10. The number of hydrogen-bond donors (Lipinski definition) is 2. The van der Waals surface area contributed by atoms with Crippen LogP contribution in [0.2, 0.25) is 0 Å². The molecule has 3 N–H and O–H groups in total. The van der Waals surface area contributed by atoms with Gasteiger partial charge in [-0.15, -0.1) is 0 Å². The Bertz CT molecular complexity index is 1570. The lowest BCUT2D eigenvalue weighted by atomic mass is 10.2. The van der Waals surface area contributed by atoms with E-state index in [-0.39, 0.29) is 22.1 Å². The number of nitro groups is 1. The highest BCUT2D eigenvalue weighted by Crippen LogP contribution is 2.32. The normalized spacial score (nSPS) is 11.9. The van der Waals surface area contributed by atoms with Crippen LogP contribution in [0.5, 0.6) is 11.5 Å². The van der Waals surface area contributed by atoms with Gasteiger partial charge in [0.2, 0.25) is 10.0 Å². The third kappa shape index (κ3) is 6.16. The predicted octanol–water partition coefficient (Wildman–Crippen LogP) is 3.08. The fourth-order valence-electron chi connectivity index (χ4n) is 3.08. The number of methoxy groups -OCH3 is 1. The van der Waals surface area contributed by atoms with Crippen molar-refractivity contribution in [3.63, 3.8) is 0 Å². The molecule has 36 heavy (non-hydrogen) atoms. The summed E-state index contributed by atoms with van der Waals surface area (Å²) in [4.78, 5) is 10.1. The van der Waals surface area contributed by atoms with Gasteiger partial charge in [-0.25, -0.2) is 13.6 Å². The minimum absolute atomic E-state index is 0.0365. The Morgan fingerprint density at radius 2 is 1.72 bits per heavy atom. The third-order valence-electron chi connectivity index (χ3n) is 4.89. The minimum Gasteiger partial charge on any atom is -0.493 e. The van der Waals surface area contributed by atoms with E-state index in [0.29, 0.717) is 11.1 Å². The average Bonchev–Trinajstić information content (AvgIpc) is 2.80. The lowest BCUT2D eigenvalue weighted by Crippen LogP contribution is -2.12. The van der Waals surface area contributed by atoms with Crippen molar-refractivity contribution in [2.75, 3.05) is 12.5 Å². The fourth-order valence-corrected chi connectivity index (χ4v) is 4.87. The summed E-state index contributed by atoms with van der Waals surface area (Å²) in [5, 5.41) is 20.2. The van der Waals surface area contributed by atoms with Crippen LogP contribution in [0.3, 0.4) is 0 Å². The maximum atomic E-state index is 12.8. The van der Waals surface area contributed by atoms with E-state index in [0.717, 1.165) is 23.8 Å². The first-order chi connectivity index (χ1) is 16.8. The van der Waals surface area contributed by atoms with Crippen molar-refractivity contribution in [3.8, 4) is 11.5 Å². The van der Waals surface area contributed by atoms with Gasteiger partial charge < -0.3 is 8.92 Å². The molecule has 0 bridgehead atoms. The Kier molecular flexibility index (Phi) is 7.62. The maximum Gasteiger partial charge on any atom is 0.339 e. The molecule has 0 saturated carbocycles. The molecule has 3 aromatic rings. The van der Waals surface area contributed by atoms with E-state index < -0.39 is 35.6 Å². The number of anilines is 1. The average molecular weight is 535 g/mol. The number of nitrogens with two attached hydrogens (primary N) is 1. The van der Waals surface area contributed by atoms with Crippen molar-refractivity contribution in [2.45, 2.75) is 23.6 Å². The molecule has 0 aliphatic carbocycles. The van der Waals surface area contributed by atoms with Gasteiger partial charge in [-0.3, -0.25) is 15.5 Å². The highest BCUT2D eigenvalue weighted by molar-refractivity contribution is 7.89. The lowest BCUT2D eigenvalue weighted by molar-refractivity contribution is -0.384. The molecule has 0 unspecified atom stereocenters. The number of nitrogens with one attached hydrogen (secondary N) is 1. The number of aryl methyl sites for hydroxylation is 2. The molecule has 190 valence electrons. The maximum absolute atomic E-state index is 12.8. The Balaban J connectivity index is 1.83. The summed E-state index contributed by atoms with van der Waals surface area (Å²) < 4.78 is 59.1. The number of nitrogens with zero attached hydrogens (tertiary/aromatic N) is 2. The topological polar surface area (TPSA) is 180 Å². The molecular formula is C22H22N4O8S2. The molecule has 0 aliphatic heterocycles. The zero-order valence-electron chi connectivity index (χ0n) is 19.3. The van der Waals surface area contributed by atoms with E-state index in [1.54, 1.807) is 26.0 Å². The number of rotatable bonds is 9. The molecule has 0 radical (unpaired) electrons. The quantitative estimate of drug-likeness (QED) is 0.180. The van der Waals surface area contributed by atoms with Crippen molar-refractivity contribution in [2.24, 2.45) is 10.2 Å². The summed E-state index contributed by atoms with van der Waals surface area (Å²) in [6.07, 6.45) is 1.29. The Morgan fingerprint density at radius 3 is 2.36 bits per heavy atom. The van der Waals surface area contributed by atoms with Crippen LogP contribution in [0.15, 0.2) is 69.5 Å². The van der Waals surface area contributed by atoms with Gasteiger partial charge in [0.05, 0.1) is 23.1 Å². The van der Waals surface area contributed by atoms with Gasteiger partial charge in [-0.05, 0) is 66.9 Å². The SMILES string of the molecule is COc1cc(/C=N/Nc2ccc(S(N)(=O)=O)cc2[N+](=O)[O-])ccc1OS(=O)(=O)c1cc(C)ccc1C. The van der Waals surface area contributed by atoms with Gasteiger partial charge in [0.25, 0.3) is 5.69 Å². The molecule has 0 heterocycles. The molecular weight excluding hydrogens is 512 g/mol. The summed E-state index contributed by atoms with van der Waals surface area (Å²) in [6, 6.07) is 12.4. The molecule has 0 amide bonds. The van der Waals surface area contributed by atoms with Crippen LogP contribution in [0.1, 0.15) is 16.7 Å². The van der Waals surface area contributed by atoms with E-state index in [4.69, 9.17) is 14.1 Å². The van der Waals surface area contributed by atoms with Crippen molar-refractivity contribution >= 4 is 37.7 Å². The number of benzene rings is 3. The van der Waals surface area contributed by atoms with Gasteiger partial charge in [-0.2, -0.15) is 13.5 Å². The zero-order chi connectivity index (χ0) is 26.7. The lowest BCUT2D eigenvalue weighted by Gasteiger charge is -2.13. The monoisotopic (exact) mass is 534 g/mol. The standard InChI is InChI=1S/C22H22N4O8S2/c1-14-4-5-15(2)22(10-14)36(31,32)34-20-9-6-16(11-21(20)33-3)13-24-25-18-8-7-17(35(23,29)30)12-19(18)26(27)28/h4-13,25H,1-3H3,(H2,23,29,30)/b24-13+. The van der Waals surface area contributed by atoms with E-state index in [1.807, 2.05) is 0 Å². The van der Waals surface area contributed by atoms with E-state index >= 15 is 0 Å². The van der Waals surface area contributed by atoms with Crippen LogP contribution in [-0.4, -0.2) is 35.1 Å². The van der Waals surface area contributed by atoms with E-state index in [9.17, 15) is 26.9 Å². The Labute approximate surface area is 207 Å². The van der Waals surface area contributed by atoms with Crippen LogP contribution in [0.25, 0.3) is 0 Å². The first kappa shape index (κ1) is 26.6. The van der Waals surface area contributed by atoms with Crippen molar-refractivity contribution in [3.05, 3.63) is 81.4 Å². The highest BCUT2D eigenvalue weighted by atomic mass is 32.2. The van der Waals surface area contributed by atoms with Gasteiger partial charge in [0.15, 0.2) is 11.5 Å². The summed E-state index contributed by atoms with van der Waals surface area (Å²) in [5.74, 6) is 0.0639. The smallest absolute Gasteiger partial charge is 0.339 e. The van der Waals surface area contributed by atoms with Crippen LogP contribution < -0.4 is 19.5 Å². The molecule has 14 heteroatoms. The second-order valence-corrected chi connectivity index (χ2v) is 10.6. The van der Waals surface area contributed by atoms with Crippen LogP contribution in [0.4, 0.5) is 11.4 Å². The molecule has 0 fully saturated rings. The summed E-state index contributed by atoms with van der Waals surface area (Å²) >= 11 is 0. The molecule has 0 spiro atoms. The van der Waals surface area contributed by atoms with Crippen molar-refractivity contribution in [1.82, 2.24) is 0 Å². The fraction of sp³-hybridized carbons (Fsp3) is 0.136. The predicted molar refractivity (Wildman–Crippen MR) is 132 cm³/mol. The molecule has 3 rings (SSSR count). The molecule has 0 saturated heterocycles.